The van der Waals surface area contributed by atoms with Crippen LogP contribution in [0.2, 0.25) is 0 Å². The lowest BCUT2D eigenvalue weighted by Gasteiger charge is -2.23. The van der Waals surface area contributed by atoms with Crippen molar-refractivity contribution >= 4 is 0 Å². The summed E-state index contributed by atoms with van der Waals surface area (Å²) in [5.41, 5.74) is 0.323. The Labute approximate surface area is 193 Å². The van der Waals surface area contributed by atoms with Crippen molar-refractivity contribution in [2.45, 2.75) is 31.5 Å². The highest BCUT2D eigenvalue weighted by Gasteiger charge is 2.30. The highest BCUT2D eigenvalue weighted by molar-refractivity contribution is 5.30. The molecule has 0 aliphatic rings. The number of alkyl halides is 3. The molecular formula is C27H30F3NO2. The second-order valence-electron chi connectivity index (χ2n) is 8.00. The van der Waals surface area contributed by atoms with E-state index in [-0.39, 0.29) is 6.10 Å². The molecular weight excluding hydrogens is 427 g/mol. The molecule has 0 fully saturated rings. The number of para-hydroxylation sites is 1. The number of ether oxygens (including phenoxy) is 2. The van der Waals surface area contributed by atoms with E-state index in [1.165, 1.54) is 12.1 Å². The molecule has 3 aromatic carbocycles. The van der Waals surface area contributed by atoms with Crippen LogP contribution in [0.5, 0.6) is 11.5 Å². The van der Waals surface area contributed by atoms with Gasteiger partial charge in [-0.15, -0.1) is 0 Å². The molecule has 0 aliphatic heterocycles. The summed E-state index contributed by atoms with van der Waals surface area (Å²) in [4.78, 5) is 2.24. The van der Waals surface area contributed by atoms with Crippen molar-refractivity contribution in [2.24, 2.45) is 0 Å². The minimum atomic E-state index is -4.35. The van der Waals surface area contributed by atoms with Gasteiger partial charge in [0.1, 0.15) is 17.6 Å². The molecule has 0 radical (unpaired) electrons. The van der Waals surface area contributed by atoms with Crippen molar-refractivity contribution < 1.29 is 22.6 Å². The number of halogens is 3. The zero-order chi connectivity index (χ0) is 23.5. The van der Waals surface area contributed by atoms with Crippen molar-refractivity contribution in [3.8, 4) is 11.5 Å². The van der Waals surface area contributed by atoms with Crippen LogP contribution in [0, 0.1) is 0 Å². The quantitative estimate of drug-likeness (QED) is 0.273. The summed E-state index contributed by atoms with van der Waals surface area (Å²) in [6, 6.07) is 24.4. The van der Waals surface area contributed by atoms with Crippen LogP contribution in [0.15, 0.2) is 84.9 Å². The standard InChI is InChI=1S/C27H30F3NO2/c1-31(19-8-9-21-32-24-12-6-3-7-13-24)20-18-26(22-10-4-2-5-11-22)33-25-16-14-23(15-17-25)27(28,29)30/h2-7,10-17,26H,8-9,18-21H2,1H3. The summed E-state index contributed by atoms with van der Waals surface area (Å²) in [5.74, 6) is 1.31. The van der Waals surface area contributed by atoms with Crippen molar-refractivity contribution in [1.29, 1.82) is 0 Å². The van der Waals surface area contributed by atoms with Crippen LogP contribution in [0.4, 0.5) is 13.2 Å². The molecule has 1 atom stereocenters. The van der Waals surface area contributed by atoms with E-state index in [0.717, 1.165) is 55.8 Å². The summed E-state index contributed by atoms with van der Waals surface area (Å²) in [7, 11) is 2.07. The van der Waals surface area contributed by atoms with Crippen LogP contribution in [0.1, 0.15) is 36.5 Å². The van der Waals surface area contributed by atoms with Crippen molar-refractivity contribution in [2.75, 3.05) is 26.7 Å². The van der Waals surface area contributed by atoms with Gasteiger partial charge in [0.15, 0.2) is 0 Å². The first-order valence-corrected chi connectivity index (χ1v) is 11.2. The largest absolute Gasteiger partial charge is 0.494 e. The summed E-state index contributed by atoms with van der Waals surface area (Å²) in [6.07, 6.45) is -1.90. The Morgan fingerprint density at radius 1 is 0.758 bits per heavy atom. The third-order valence-corrected chi connectivity index (χ3v) is 5.35. The third-order valence-electron chi connectivity index (χ3n) is 5.35. The summed E-state index contributed by atoms with van der Waals surface area (Å²) >= 11 is 0. The lowest BCUT2D eigenvalue weighted by molar-refractivity contribution is -0.137. The lowest BCUT2D eigenvalue weighted by atomic mass is 10.1. The van der Waals surface area contributed by atoms with E-state index in [4.69, 9.17) is 9.47 Å². The zero-order valence-electron chi connectivity index (χ0n) is 18.8. The Kier molecular flexibility index (Phi) is 9.19. The van der Waals surface area contributed by atoms with E-state index in [1.54, 1.807) is 0 Å². The fourth-order valence-electron chi connectivity index (χ4n) is 3.49. The molecule has 0 aromatic heterocycles. The second-order valence-corrected chi connectivity index (χ2v) is 8.00. The lowest BCUT2D eigenvalue weighted by Crippen LogP contribution is -2.24. The van der Waals surface area contributed by atoms with Crippen LogP contribution in [0.25, 0.3) is 0 Å². The van der Waals surface area contributed by atoms with Crippen LogP contribution < -0.4 is 9.47 Å². The van der Waals surface area contributed by atoms with Crippen LogP contribution in [-0.4, -0.2) is 31.6 Å². The Balaban J connectivity index is 1.47. The maximum atomic E-state index is 12.8. The Bertz CT molecular complexity index is 931. The van der Waals surface area contributed by atoms with E-state index >= 15 is 0 Å². The molecule has 0 spiro atoms. The molecule has 176 valence electrons. The van der Waals surface area contributed by atoms with Gasteiger partial charge in [0.25, 0.3) is 0 Å². The predicted octanol–water partition coefficient (Wildman–Crippen LogP) is 7.01. The van der Waals surface area contributed by atoms with Gasteiger partial charge < -0.3 is 14.4 Å². The molecule has 1 unspecified atom stereocenters. The molecule has 0 aliphatic carbocycles. The molecule has 0 saturated carbocycles. The highest BCUT2D eigenvalue weighted by Crippen LogP contribution is 2.32. The average molecular weight is 458 g/mol. The minimum Gasteiger partial charge on any atom is -0.494 e. The first kappa shape index (κ1) is 24.6. The number of hydrogen-bond donors (Lipinski definition) is 0. The number of nitrogens with zero attached hydrogens (tertiary/aromatic N) is 1. The van der Waals surface area contributed by atoms with Crippen molar-refractivity contribution in [1.82, 2.24) is 4.90 Å². The predicted molar refractivity (Wildman–Crippen MR) is 125 cm³/mol. The maximum Gasteiger partial charge on any atom is 0.416 e. The van der Waals surface area contributed by atoms with Gasteiger partial charge in [0.05, 0.1) is 12.2 Å². The van der Waals surface area contributed by atoms with Gasteiger partial charge >= 0.3 is 6.18 Å². The fourth-order valence-corrected chi connectivity index (χ4v) is 3.49. The molecule has 3 rings (SSSR count). The first-order chi connectivity index (χ1) is 15.9. The molecule has 33 heavy (non-hydrogen) atoms. The third kappa shape index (κ3) is 8.46. The minimum absolute atomic E-state index is 0.244. The van der Waals surface area contributed by atoms with Gasteiger partial charge in [0, 0.05) is 13.0 Å². The van der Waals surface area contributed by atoms with Gasteiger partial charge in [-0.2, -0.15) is 13.2 Å². The summed E-state index contributed by atoms with van der Waals surface area (Å²) in [5, 5.41) is 0. The number of benzene rings is 3. The van der Waals surface area contributed by atoms with E-state index in [1.807, 2.05) is 60.7 Å². The maximum absolute atomic E-state index is 12.8. The van der Waals surface area contributed by atoms with Gasteiger partial charge in [-0.1, -0.05) is 48.5 Å². The molecule has 0 saturated heterocycles. The van der Waals surface area contributed by atoms with Crippen LogP contribution >= 0.6 is 0 Å². The van der Waals surface area contributed by atoms with E-state index < -0.39 is 11.7 Å². The van der Waals surface area contributed by atoms with E-state index in [0.29, 0.717) is 12.4 Å². The Hall–Kier alpha value is -2.99. The smallest absolute Gasteiger partial charge is 0.416 e. The van der Waals surface area contributed by atoms with E-state index in [9.17, 15) is 13.2 Å². The Morgan fingerprint density at radius 3 is 2.03 bits per heavy atom. The van der Waals surface area contributed by atoms with Gasteiger partial charge in [0.2, 0.25) is 0 Å². The number of hydrogen-bond acceptors (Lipinski definition) is 3. The zero-order valence-corrected chi connectivity index (χ0v) is 18.8. The SMILES string of the molecule is CN(CCCCOc1ccccc1)CCC(Oc1ccc(C(F)(F)F)cc1)c1ccccc1. The molecule has 0 heterocycles. The molecule has 0 amide bonds. The van der Waals surface area contributed by atoms with Gasteiger partial charge in [-0.3, -0.25) is 0 Å². The number of rotatable bonds is 12. The van der Waals surface area contributed by atoms with Gasteiger partial charge in [-0.05, 0) is 68.4 Å². The highest BCUT2D eigenvalue weighted by atomic mass is 19.4. The second kappa shape index (κ2) is 12.3. The fraction of sp³-hybridized carbons (Fsp3) is 0.333. The molecule has 3 nitrogen and oxygen atoms in total. The van der Waals surface area contributed by atoms with Gasteiger partial charge in [-0.25, -0.2) is 0 Å². The molecule has 0 bridgehead atoms. The molecule has 3 aromatic rings. The Morgan fingerprint density at radius 2 is 1.39 bits per heavy atom. The molecule has 6 heteroatoms. The normalized spacial score (nSPS) is 12.5. The first-order valence-electron chi connectivity index (χ1n) is 11.2. The summed E-state index contributed by atoms with van der Waals surface area (Å²) in [6.45, 7) is 2.42. The van der Waals surface area contributed by atoms with E-state index in [2.05, 4.69) is 11.9 Å². The summed E-state index contributed by atoms with van der Waals surface area (Å²) < 4.78 is 50.3. The average Bonchev–Trinajstić information content (AvgIpc) is 2.82. The van der Waals surface area contributed by atoms with Crippen LogP contribution in [0.3, 0.4) is 0 Å². The van der Waals surface area contributed by atoms with Crippen LogP contribution in [-0.2, 0) is 6.18 Å². The topological polar surface area (TPSA) is 21.7 Å². The molecule has 0 N–H and O–H groups in total. The van der Waals surface area contributed by atoms with Crippen molar-refractivity contribution in [3.05, 3.63) is 96.1 Å². The monoisotopic (exact) mass is 457 g/mol. The number of unbranched alkanes of at least 4 members (excludes halogenated alkanes) is 1. The van der Waals surface area contributed by atoms with Crippen molar-refractivity contribution in [3.63, 3.8) is 0 Å².